The first-order chi connectivity index (χ1) is 17.1. The van der Waals surface area contributed by atoms with Gasteiger partial charge >= 0.3 is 0 Å². The van der Waals surface area contributed by atoms with Crippen LogP contribution in [0.3, 0.4) is 0 Å². The Morgan fingerprint density at radius 3 is 2.37 bits per heavy atom. The number of carbonyl (C=O) groups is 1. The Balaban J connectivity index is 1.27. The highest BCUT2D eigenvalue weighted by Gasteiger charge is 2.26. The molecule has 0 atom stereocenters. The van der Waals surface area contributed by atoms with Gasteiger partial charge in [-0.15, -0.1) is 10.2 Å². The minimum Gasteiger partial charge on any atom is -0.497 e. The van der Waals surface area contributed by atoms with Crippen LogP contribution < -0.4 is 14.4 Å². The molecule has 180 valence electrons. The van der Waals surface area contributed by atoms with Crippen molar-refractivity contribution in [2.24, 2.45) is 7.05 Å². The third kappa shape index (κ3) is 4.37. The van der Waals surface area contributed by atoms with Gasteiger partial charge < -0.3 is 19.3 Å². The van der Waals surface area contributed by atoms with Crippen molar-refractivity contribution in [2.75, 3.05) is 45.3 Å². The van der Waals surface area contributed by atoms with Gasteiger partial charge in [0, 0.05) is 38.8 Å². The molecule has 0 unspecified atom stereocenters. The third-order valence-corrected chi connectivity index (χ3v) is 5.96. The largest absolute Gasteiger partial charge is 0.497 e. The van der Waals surface area contributed by atoms with E-state index < -0.39 is 0 Å². The summed E-state index contributed by atoms with van der Waals surface area (Å²) in [6, 6.07) is 11.0. The van der Waals surface area contributed by atoms with Gasteiger partial charge in [0.25, 0.3) is 5.91 Å². The molecule has 12 heteroatoms. The average molecular weight is 476 g/mol. The van der Waals surface area contributed by atoms with Gasteiger partial charge in [-0.05, 0) is 36.4 Å². The molecule has 35 heavy (non-hydrogen) atoms. The number of aromatic nitrogens is 7. The minimum atomic E-state index is -0.0691. The second-order valence-corrected chi connectivity index (χ2v) is 7.97. The zero-order valence-electron chi connectivity index (χ0n) is 19.7. The number of benzene rings is 1. The summed E-state index contributed by atoms with van der Waals surface area (Å²) in [5.41, 5.74) is 1.92. The Morgan fingerprint density at radius 2 is 1.71 bits per heavy atom. The number of aryl methyl sites for hydroxylation is 1. The van der Waals surface area contributed by atoms with Crippen molar-refractivity contribution in [2.45, 2.75) is 0 Å². The summed E-state index contributed by atoms with van der Waals surface area (Å²) in [5.74, 6) is 2.63. The number of methoxy groups -OCH3 is 2. The molecule has 5 rings (SSSR count). The minimum absolute atomic E-state index is 0.0691. The average Bonchev–Trinajstić information content (AvgIpc) is 3.58. The highest BCUT2D eigenvalue weighted by atomic mass is 16.5. The van der Waals surface area contributed by atoms with Crippen LogP contribution in [0.4, 0.5) is 5.82 Å². The van der Waals surface area contributed by atoms with Gasteiger partial charge in [0.1, 0.15) is 29.8 Å². The van der Waals surface area contributed by atoms with Gasteiger partial charge in [0.05, 0.1) is 19.9 Å². The normalized spacial score (nSPS) is 13.7. The molecule has 0 radical (unpaired) electrons. The summed E-state index contributed by atoms with van der Waals surface area (Å²) in [5, 5.41) is 17.2. The van der Waals surface area contributed by atoms with Gasteiger partial charge in [-0.2, -0.15) is 10.2 Å². The molecule has 12 nitrogen and oxygen atoms in total. The number of nitrogens with zero attached hydrogens (tertiary/aromatic N) is 9. The Labute approximate surface area is 201 Å². The van der Waals surface area contributed by atoms with Crippen LogP contribution in [-0.4, -0.2) is 85.9 Å². The van der Waals surface area contributed by atoms with Crippen LogP contribution >= 0.6 is 0 Å². The fourth-order valence-corrected chi connectivity index (χ4v) is 4.05. The van der Waals surface area contributed by atoms with E-state index in [0.717, 1.165) is 11.4 Å². The van der Waals surface area contributed by atoms with Crippen molar-refractivity contribution >= 4 is 11.7 Å². The predicted molar refractivity (Wildman–Crippen MR) is 127 cm³/mol. The zero-order chi connectivity index (χ0) is 24.4. The number of rotatable bonds is 6. The van der Waals surface area contributed by atoms with Crippen molar-refractivity contribution < 1.29 is 14.3 Å². The van der Waals surface area contributed by atoms with E-state index in [-0.39, 0.29) is 5.91 Å². The van der Waals surface area contributed by atoms with E-state index in [2.05, 4.69) is 30.3 Å². The molecule has 1 saturated heterocycles. The molecular formula is C23H25N9O3. The van der Waals surface area contributed by atoms with Crippen LogP contribution in [0.25, 0.3) is 17.1 Å². The lowest BCUT2D eigenvalue weighted by Gasteiger charge is -2.35. The maximum absolute atomic E-state index is 13.3. The summed E-state index contributed by atoms with van der Waals surface area (Å²) in [7, 11) is 4.98. The van der Waals surface area contributed by atoms with Gasteiger partial charge in [-0.3, -0.25) is 9.48 Å². The Hall–Kier alpha value is -4.48. The molecule has 4 heterocycles. The van der Waals surface area contributed by atoms with Crippen molar-refractivity contribution in [1.82, 2.24) is 39.6 Å². The van der Waals surface area contributed by atoms with E-state index in [1.54, 1.807) is 43.0 Å². The molecule has 0 bridgehead atoms. The molecule has 1 fully saturated rings. The Morgan fingerprint density at radius 1 is 0.943 bits per heavy atom. The highest BCUT2D eigenvalue weighted by molar-refractivity contribution is 5.94. The lowest BCUT2D eigenvalue weighted by atomic mass is 10.1. The van der Waals surface area contributed by atoms with E-state index in [0.29, 0.717) is 54.9 Å². The molecule has 1 amide bonds. The molecule has 0 spiro atoms. The summed E-state index contributed by atoms with van der Waals surface area (Å²) in [6.07, 6.45) is 3.02. The van der Waals surface area contributed by atoms with Crippen LogP contribution in [-0.2, 0) is 7.05 Å². The predicted octanol–water partition coefficient (Wildman–Crippen LogP) is 1.44. The standard InChI is InChI=1S/C23H25N9O3/c1-29-19(13-18(28-29)17-12-16(34-2)4-5-20(17)35-3)23(33)31-10-8-30(9-11-31)21-6-7-22(27-26-21)32-15-24-14-25-32/h4-7,12-15H,8-11H2,1-3H3. The topological polar surface area (TPSA) is 116 Å². The van der Waals surface area contributed by atoms with Crippen LogP contribution in [0, 0.1) is 0 Å². The molecule has 1 aliphatic rings. The Bertz CT molecular complexity index is 1310. The monoisotopic (exact) mass is 475 g/mol. The molecule has 1 aromatic carbocycles. The zero-order valence-corrected chi connectivity index (χ0v) is 19.7. The van der Waals surface area contributed by atoms with Gasteiger partial charge in [-0.1, -0.05) is 0 Å². The maximum atomic E-state index is 13.3. The van der Waals surface area contributed by atoms with E-state index in [4.69, 9.17) is 9.47 Å². The second-order valence-electron chi connectivity index (χ2n) is 7.97. The SMILES string of the molecule is COc1ccc(OC)c(-c2cc(C(=O)N3CCN(c4ccc(-n5cncn5)nn4)CC3)n(C)n2)c1. The number of carbonyl (C=O) groups excluding carboxylic acids is 1. The van der Waals surface area contributed by atoms with E-state index in [9.17, 15) is 4.79 Å². The quantitative estimate of drug-likeness (QED) is 0.408. The molecule has 3 aromatic heterocycles. The van der Waals surface area contributed by atoms with Gasteiger partial charge in [0.15, 0.2) is 11.6 Å². The number of hydrogen-bond donors (Lipinski definition) is 0. The smallest absolute Gasteiger partial charge is 0.272 e. The van der Waals surface area contributed by atoms with Crippen LogP contribution in [0.5, 0.6) is 11.5 Å². The molecule has 4 aromatic rings. The van der Waals surface area contributed by atoms with E-state index >= 15 is 0 Å². The Kier molecular flexibility index (Phi) is 6.00. The number of piperazine rings is 1. The number of anilines is 1. The number of amides is 1. The lowest BCUT2D eigenvalue weighted by molar-refractivity contribution is 0.0735. The number of hydrogen-bond acceptors (Lipinski definition) is 9. The second kappa shape index (κ2) is 9.41. The summed E-state index contributed by atoms with van der Waals surface area (Å²) >= 11 is 0. The fraction of sp³-hybridized carbons (Fsp3) is 0.304. The first-order valence-electron chi connectivity index (χ1n) is 11.1. The number of ether oxygens (including phenoxy) is 2. The van der Waals surface area contributed by atoms with Crippen LogP contribution in [0.2, 0.25) is 0 Å². The highest BCUT2D eigenvalue weighted by Crippen LogP contribution is 2.33. The first kappa shape index (κ1) is 22.3. The van der Waals surface area contributed by atoms with E-state index in [1.165, 1.54) is 6.33 Å². The van der Waals surface area contributed by atoms with Crippen LogP contribution in [0.15, 0.2) is 49.1 Å². The molecule has 0 aliphatic carbocycles. The first-order valence-corrected chi connectivity index (χ1v) is 11.1. The summed E-state index contributed by atoms with van der Waals surface area (Å²) in [6.45, 7) is 2.43. The van der Waals surface area contributed by atoms with Gasteiger partial charge in [-0.25, -0.2) is 9.67 Å². The van der Waals surface area contributed by atoms with E-state index in [1.807, 2.05) is 35.2 Å². The van der Waals surface area contributed by atoms with Crippen molar-refractivity contribution in [3.63, 3.8) is 0 Å². The molecule has 1 aliphatic heterocycles. The van der Waals surface area contributed by atoms with Crippen molar-refractivity contribution in [1.29, 1.82) is 0 Å². The maximum Gasteiger partial charge on any atom is 0.272 e. The third-order valence-electron chi connectivity index (χ3n) is 5.96. The van der Waals surface area contributed by atoms with Gasteiger partial charge in [0.2, 0.25) is 0 Å². The molecule has 0 saturated carbocycles. The lowest BCUT2D eigenvalue weighted by Crippen LogP contribution is -2.49. The van der Waals surface area contributed by atoms with Crippen molar-refractivity contribution in [3.8, 4) is 28.6 Å². The summed E-state index contributed by atoms with van der Waals surface area (Å²) < 4.78 is 14.0. The fourth-order valence-electron chi connectivity index (χ4n) is 4.05. The van der Waals surface area contributed by atoms with Crippen molar-refractivity contribution in [3.05, 3.63) is 54.7 Å². The van der Waals surface area contributed by atoms with Crippen LogP contribution in [0.1, 0.15) is 10.5 Å². The molecular weight excluding hydrogens is 450 g/mol. The molecule has 0 N–H and O–H groups in total. The summed E-state index contributed by atoms with van der Waals surface area (Å²) in [4.78, 5) is 21.2.